The molecule has 1 aliphatic rings. The highest BCUT2D eigenvalue weighted by atomic mass is 35.5. The van der Waals surface area contributed by atoms with Crippen molar-refractivity contribution in [2.45, 2.75) is 45.1 Å². The second-order valence-corrected chi connectivity index (χ2v) is 5.82. The van der Waals surface area contributed by atoms with E-state index >= 15 is 0 Å². The molecule has 2 nitrogen and oxygen atoms in total. The third kappa shape index (κ3) is 1.96. The standard InChI is InChI=1S/C13H18ClNO/c1-12(2)5-3-6-13(12,16)8-10-4-7-15-9-11(10)14/h4,7,9,16H,3,5-6,8H2,1-2H3. The predicted molar refractivity (Wildman–Crippen MR) is 65.5 cm³/mol. The number of nitrogens with zero attached hydrogens (tertiary/aromatic N) is 1. The van der Waals surface area contributed by atoms with E-state index in [9.17, 15) is 5.11 Å². The van der Waals surface area contributed by atoms with E-state index < -0.39 is 5.60 Å². The normalized spacial score (nSPS) is 28.2. The van der Waals surface area contributed by atoms with Crippen LogP contribution in [0.4, 0.5) is 0 Å². The first-order chi connectivity index (χ1) is 7.45. The van der Waals surface area contributed by atoms with Crippen molar-refractivity contribution < 1.29 is 5.11 Å². The number of aliphatic hydroxyl groups is 1. The van der Waals surface area contributed by atoms with Crippen molar-refractivity contribution >= 4 is 11.6 Å². The number of aromatic nitrogens is 1. The first-order valence-corrected chi connectivity index (χ1v) is 6.13. The fourth-order valence-corrected chi connectivity index (χ4v) is 2.77. The fraction of sp³-hybridized carbons (Fsp3) is 0.615. The van der Waals surface area contributed by atoms with Gasteiger partial charge in [0.1, 0.15) is 0 Å². The molecule has 0 aliphatic heterocycles. The van der Waals surface area contributed by atoms with E-state index in [1.54, 1.807) is 12.4 Å². The lowest BCUT2D eigenvalue weighted by atomic mass is 9.74. The molecule has 16 heavy (non-hydrogen) atoms. The maximum atomic E-state index is 10.7. The van der Waals surface area contributed by atoms with Crippen LogP contribution >= 0.6 is 11.6 Å². The van der Waals surface area contributed by atoms with Gasteiger partial charge in [0.05, 0.1) is 10.6 Å². The van der Waals surface area contributed by atoms with Crippen molar-refractivity contribution in [3.8, 4) is 0 Å². The lowest BCUT2D eigenvalue weighted by molar-refractivity contribution is -0.0419. The molecule has 0 saturated heterocycles. The molecule has 3 heteroatoms. The van der Waals surface area contributed by atoms with Crippen LogP contribution in [-0.4, -0.2) is 15.7 Å². The van der Waals surface area contributed by atoms with Crippen molar-refractivity contribution in [3.05, 3.63) is 29.0 Å². The van der Waals surface area contributed by atoms with Gasteiger partial charge in [-0.1, -0.05) is 25.4 Å². The second-order valence-electron chi connectivity index (χ2n) is 5.41. The predicted octanol–water partition coefficient (Wildman–Crippen LogP) is 3.22. The van der Waals surface area contributed by atoms with E-state index in [2.05, 4.69) is 18.8 Å². The Balaban J connectivity index is 2.25. The molecule has 0 radical (unpaired) electrons. The number of halogens is 1. The first kappa shape index (κ1) is 11.9. The minimum Gasteiger partial charge on any atom is -0.389 e. The number of hydrogen-bond acceptors (Lipinski definition) is 2. The first-order valence-electron chi connectivity index (χ1n) is 5.75. The van der Waals surface area contributed by atoms with Crippen molar-refractivity contribution in [2.75, 3.05) is 0 Å². The SMILES string of the molecule is CC1(C)CCCC1(O)Cc1ccncc1Cl. The van der Waals surface area contributed by atoms with Gasteiger partial charge in [-0.3, -0.25) is 4.98 Å². The average Bonchev–Trinajstić information content (AvgIpc) is 2.45. The fourth-order valence-electron chi connectivity index (χ4n) is 2.58. The molecule has 1 aliphatic carbocycles. The molecule has 1 aromatic heterocycles. The largest absolute Gasteiger partial charge is 0.389 e. The smallest absolute Gasteiger partial charge is 0.0739 e. The van der Waals surface area contributed by atoms with Gasteiger partial charge < -0.3 is 5.11 Å². The van der Waals surface area contributed by atoms with Gasteiger partial charge in [-0.15, -0.1) is 0 Å². The van der Waals surface area contributed by atoms with Crippen LogP contribution in [0.25, 0.3) is 0 Å². The highest BCUT2D eigenvalue weighted by Gasteiger charge is 2.47. The molecule has 1 saturated carbocycles. The summed E-state index contributed by atoms with van der Waals surface area (Å²) in [5.41, 5.74) is 0.339. The van der Waals surface area contributed by atoms with Gasteiger partial charge in [-0.2, -0.15) is 0 Å². The van der Waals surface area contributed by atoms with Gasteiger partial charge in [-0.05, 0) is 36.3 Å². The molecule has 0 amide bonds. The summed E-state index contributed by atoms with van der Waals surface area (Å²) < 4.78 is 0. The molecule has 1 aromatic rings. The van der Waals surface area contributed by atoms with Crippen molar-refractivity contribution in [1.82, 2.24) is 4.98 Å². The summed E-state index contributed by atoms with van der Waals surface area (Å²) in [6, 6.07) is 1.90. The molecule has 88 valence electrons. The molecule has 0 bridgehead atoms. The summed E-state index contributed by atoms with van der Waals surface area (Å²) in [5, 5.41) is 11.4. The van der Waals surface area contributed by atoms with Crippen LogP contribution in [0.1, 0.15) is 38.7 Å². The highest BCUT2D eigenvalue weighted by Crippen LogP contribution is 2.47. The molecular formula is C13H18ClNO. The van der Waals surface area contributed by atoms with Crippen LogP contribution in [0.15, 0.2) is 18.5 Å². The van der Waals surface area contributed by atoms with Gasteiger partial charge in [0.25, 0.3) is 0 Å². The molecular weight excluding hydrogens is 222 g/mol. The molecule has 1 fully saturated rings. The average molecular weight is 240 g/mol. The van der Waals surface area contributed by atoms with Gasteiger partial charge in [0.15, 0.2) is 0 Å². The summed E-state index contributed by atoms with van der Waals surface area (Å²) in [5.74, 6) is 0. The third-order valence-electron chi connectivity index (χ3n) is 3.99. The zero-order chi connectivity index (χ0) is 11.8. The van der Waals surface area contributed by atoms with Crippen LogP contribution < -0.4 is 0 Å². The van der Waals surface area contributed by atoms with Gasteiger partial charge in [0.2, 0.25) is 0 Å². The van der Waals surface area contributed by atoms with Gasteiger partial charge in [0, 0.05) is 18.8 Å². The molecule has 0 aromatic carbocycles. The minimum absolute atomic E-state index is 0.0282. The molecule has 1 unspecified atom stereocenters. The lowest BCUT2D eigenvalue weighted by Gasteiger charge is -2.37. The Hall–Kier alpha value is -0.600. The molecule has 1 N–H and O–H groups in total. The van der Waals surface area contributed by atoms with E-state index in [1.807, 2.05) is 6.07 Å². The van der Waals surface area contributed by atoms with E-state index in [4.69, 9.17) is 11.6 Å². The Bertz CT molecular complexity index is 391. The molecule has 1 heterocycles. The van der Waals surface area contributed by atoms with E-state index in [0.29, 0.717) is 11.4 Å². The van der Waals surface area contributed by atoms with Crippen LogP contribution in [-0.2, 0) is 6.42 Å². The van der Waals surface area contributed by atoms with E-state index in [0.717, 1.165) is 24.8 Å². The van der Waals surface area contributed by atoms with Crippen LogP contribution in [0.2, 0.25) is 5.02 Å². The Kier molecular flexibility index (Phi) is 2.97. The Morgan fingerprint density at radius 3 is 2.75 bits per heavy atom. The van der Waals surface area contributed by atoms with Gasteiger partial charge in [-0.25, -0.2) is 0 Å². The Morgan fingerprint density at radius 2 is 2.19 bits per heavy atom. The van der Waals surface area contributed by atoms with Crippen LogP contribution in [0.3, 0.4) is 0 Å². The molecule has 1 atom stereocenters. The monoisotopic (exact) mass is 239 g/mol. The molecule has 0 spiro atoms. The van der Waals surface area contributed by atoms with Gasteiger partial charge >= 0.3 is 0 Å². The van der Waals surface area contributed by atoms with Crippen molar-refractivity contribution in [1.29, 1.82) is 0 Å². The maximum absolute atomic E-state index is 10.7. The molecule has 2 rings (SSSR count). The lowest BCUT2D eigenvalue weighted by Crippen LogP contribution is -2.41. The second kappa shape index (κ2) is 4.01. The topological polar surface area (TPSA) is 33.1 Å². The Labute approximate surface area is 102 Å². The van der Waals surface area contributed by atoms with Crippen LogP contribution in [0, 0.1) is 5.41 Å². The zero-order valence-corrected chi connectivity index (χ0v) is 10.6. The highest BCUT2D eigenvalue weighted by molar-refractivity contribution is 6.31. The van der Waals surface area contributed by atoms with E-state index in [1.165, 1.54) is 0 Å². The quantitative estimate of drug-likeness (QED) is 0.860. The van der Waals surface area contributed by atoms with Crippen molar-refractivity contribution in [3.63, 3.8) is 0 Å². The van der Waals surface area contributed by atoms with E-state index in [-0.39, 0.29) is 5.41 Å². The minimum atomic E-state index is -0.627. The summed E-state index contributed by atoms with van der Waals surface area (Å²) in [6.45, 7) is 4.27. The summed E-state index contributed by atoms with van der Waals surface area (Å²) in [7, 11) is 0. The summed E-state index contributed by atoms with van der Waals surface area (Å²) in [4.78, 5) is 3.96. The van der Waals surface area contributed by atoms with Crippen molar-refractivity contribution in [2.24, 2.45) is 5.41 Å². The number of rotatable bonds is 2. The summed E-state index contributed by atoms with van der Waals surface area (Å²) >= 11 is 6.08. The van der Waals surface area contributed by atoms with Crippen LogP contribution in [0.5, 0.6) is 0 Å². The third-order valence-corrected chi connectivity index (χ3v) is 4.33. The number of pyridine rings is 1. The maximum Gasteiger partial charge on any atom is 0.0739 e. The summed E-state index contributed by atoms with van der Waals surface area (Å²) in [6.07, 6.45) is 7.02. The Morgan fingerprint density at radius 1 is 1.44 bits per heavy atom. The number of hydrogen-bond donors (Lipinski definition) is 1. The zero-order valence-electron chi connectivity index (χ0n) is 9.83.